The SMILES string of the molecule is O=C(N/N=C\C12c3ccccc3C(c3ccccc31)[C@H]1C(=O)N(Cc3ccccc3)C(=O)[C@H]12)c1ccncc1. The second kappa shape index (κ2) is 8.84. The fourth-order valence-corrected chi connectivity index (χ4v) is 6.79. The summed E-state index contributed by atoms with van der Waals surface area (Å²) in [4.78, 5) is 46.5. The first-order valence-corrected chi connectivity index (χ1v) is 12.9. The molecule has 7 heteroatoms. The fourth-order valence-electron chi connectivity index (χ4n) is 6.79. The lowest BCUT2D eigenvalue weighted by Crippen LogP contribution is -2.54. The normalized spacial score (nSPS) is 24.4. The van der Waals surface area contributed by atoms with Crippen molar-refractivity contribution in [3.05, 3.63) is 137 Å². The maximum atomic E-state index is 14.2. The summed E-state index contributed by atoms with van der Waals surface area (Å²) >= 11 is 0. The highest BCUT2D eigenvalue weighted by Crippen LogP contribution is 2.63. The molecule has 0 spiro atoms. The van der Waals surface area contributed by atoms with Gasteiger partial charge in [-0.3, -0.25) is 24.3 Å². The molecule has 190 valence electrons. The van der Waals surface area contributed by atoms with Crippen LogP contribution in [0.1, 0.15) is 44.1 Å². The van der Waals surface area contributed by atoms with Crippen molar-refractivity contribution < 1.29 is 14.4 Å². The number of hydrogen-bond acceptors (Lipinski definition) is 5. The minimum Gasteiger partial charge on any atom is -0.278 e. The average molecular weight is 513 g/mol. The summed E-state index contributed by atoms with van der Waals surface area (Å²) < 4.78 is 0. The van der Waals surface area contributed by atoms with Gasteiger partial charge in [-0.05, 0) is 39.9 Å². The van der Waals surface area contributed by atoms with Crippen LogP contribution in [0.3, 0.4) is 0 Å². The molecule has 1 N–H and O–H groups in total. The number of carbonyl (C=O) groups excluding carboxylic acids is 3. The van der Waals surface area contributed by atoms with Gasteiger partial charge in [0, 0.05) is 30.1 Å². The molecule has 39 heavy (non-hydrogen) atoms. The van der Waals surface area contributed by atoms with Crippen molar-refractivity contribution >= 4 is 23.9 Å². The van der Waals surface area contributed by atoms with E-state index in [0.717, 1.165) is 27.8 Å². The highest BCUT2D eigenvalue weighted by molar-refractivity contribution is 6.11. The zero-order valence-electron chi connectivity index (χ0n) is 20.9. The first-order valence-electron chi connectivity index (χ1n) is 12.9. The molecule has 2 heterocycles. The van der Waals surface area contributed by atoms with Gasteiger partial charge in [0.2, 0.25) is 11.8 Å². The molecule has 3 aromatic carbocycles. The number of pyridine rings is 1. The predicted molar refractivity (Wildman–Crippen MR) is 145 cm³/mol. The standard InChI is InChI=1S/C32H24N4O3/c37-29(21-14-16-33-17-15-21)35-34-19-32-24-12-6-4-10-22(24)26(23-11-5-7-13-25(23)32)27-28(32)31(39)36(30(27)38)18-20-8-2-1-3-9-20/h1-17,19,26-28H,18H2,(H,35,37)/b34-19-/t26?,27-,28+,32?/m1/s1. The molecule has 8 rings (SSSR count). The first kappa shape index (κ1) is 23.2. The summed E-state index contributed by atoms with van der Waals surface area (Å²) in [7, 11) is 0. The number of amides is 3. The van der Waals surface area contributed by atoms with E-state index in [2.05, 4.69) is 15.5 Å². The topological polar surface area (TPSA) is 91.7 Å². The molecular formula is C32H24N4O3. The number of imide groups is 1. The molecule has 0 saturated carbocycles. The third kappa shape index (κ3) is 3.32. The fraction of sp³-hybridized carbons (Fsp3) is 0.156. The summed E-state index contributed by atoms with van der Waals surface area (Å²) in [6.07, 6.45) is 4.76. The number of carbonyl (C=O) groups is 3. The third-order valence-electron chi connectivity index (χ3n) is 8.34. The number of hydrazone groups is 1. The van der Waals surface area contributed by atoms with Gasteiger partial charge >= 0.3 is 0 Å². The van der Waals surface area contributed by atoms with Crippen molar-refractivity contribution in [2.45, 2.75) is 17.9 Å². The monoisotopic (exact) mass is 512 g/mol. The van der Waals surface area contributed by atoms with Crippen molar-refractivity contribution in [2.24, 2.45) is 16.9 Å². The minimum atomic E-state index is -1.02. The van der Waals surface area contributed by atoms with Gasteiger partial charge in [-0.1, -0.05) is 78.9 Å². The van der Waals surface area contributed by atoms with E-state index in [0.29, 0.717) is 5.56 Å². The smallest absolute Gasteiger partial charge is 0.271 e. The van der Waals surface area contributed by atoms with E-state index < -0.39 is 17.3 Å². The zero-order valence-corrected chi connectivity index (χ0v) is 20.9. The molecule has 3 aliphatic carbocycles. The summed E-state index contributed by atoms with van der Waals surface area (Å²) in [5.74, 6) is -2.23. The van der Waals surface area contributed by atoms with Crippen LogP contribution in [0.4, 0.5) is 0 Å². The predicted octanol–water partition coefficient (Wildman–Crippen LogP) is 4.04. The summed E-state index contributed by atoms with van der Waals surface area (Å²) in [5.41, 5.74) is 6.86. The van der Waals surface area contributed by atoms with Crippen molar-refractivity contribution in [3.8, 4) is 0 Å². The molecule has 7 nitrogen and oxygen atoms in total. The Kier molecular flexibility index (Phi) is 5.26. The number of nitrogens with zero attached hydrogens (tertiary/aromatic N) is 3. The van der Waals surface area contributed by atoms with Gasteiger partial charge in [-0.25, -0.2) is 5.43 Å². The van der Waals surface area contributed by atoms with E-state index in [9.17, 15) is 14.4 Å². The number of benzene rings is 3. The molecule has 1 aromatic heterocycles. The Morgan fingerprint density at radius 3 is 2.13 bits per heavy atom. The van der Waals surface area contributed by atoms with Crippen LogP contribution in [0.15, 0.2) is 108 Å². The Morgan fingerprint density at radius 1 is 0.846 bits per heavy atom. The van der Waals surface area contributed by atoms with E-state index in [4.69, 9.17) is 0 Å². The molecule has 3 amide bonds. The third-order valence-corrected chi connectivity index (χ3v) is 8.34. The highest BCUT2D eigenvalue weighted by atomic mass is 16.2. The van der Waals surface area contributed by atoms with E-state index in [1.165, 1.54) is 4.90 Å². The van der Waals surface area contributed by atoms with E-state index in [-0.39, 0.29) is 30.2 Å². The molecule has 0 unspecified atom stereocenters. The average Bonchev–Trinajstić information content (AvgIpc) is 3.24. The van der Waals surface area contributed by atoms with E-state index in [1.807, 2.05) is 78.9 Å². The Balaban J connectivity index is 1.38. The van der Waals surface area contributed by atoms with Crippen LogP contribution in [-0.4, -0.2) is 33.8 Å². The number of nitrogens with one attached hydrogen (secondary N) is 1. The number of rotatable bonds is 5. The minimum absolute atomic E-state index is 0.165. The lowest BCUT2D eigenvalue weighted by Gasteiger charge is -2.52. The van der Waals surface area contributed by atoms with Crippen molar-refractivity contribution in [2.75, 3.05) is 0 Å². The highest BCUT2D eigenvalue weighted by Gasteiger charge is 2.67. The van der Waals surface area contributed by atoms with E-state index in [1.54, 1.807) is 30.7 Å². The van der Waals surface area contributed by atoms with Crippen LogP contribution in [0.5, 0.6) is 0 Å². The Bertz CT molecular complexity index is 1600. The molecule has 2 atom stereocenters. The molecule has 1 saturated heterocycles. The molecule has 1 fully saturated rings. The van der Waals surface area contributed by atoms with E-state index >= 15 is 0 Å². The number of likely N-dealkylation sites (tertiary alicyclic amines) is 1. The second-order valence-electron chi connectivity index (χ2n) is 10.2. The van der Waals surface area contributed by atoms with Crippen LogP contribution in [0.2, 0.25) is 0 Å². The van der Waals surface area contributed by atoms with Crippen molar-refractivity contribution in [1.29, 1.82) is 0 Å². The Labute approximate surface area is 225 Å². The van der Waals surface area contributed by atoms with Gasteiger partial charge < -0.3 is 0 Å². The summed E-state index contributed by atoms with van der Waals surface area (Å²) in [5, 5.41) is 4.44. The summed E-state index contributed by atoms with van der Waals surface area (Å²) in [6.45, 7) is 0.219. The molecule has 4 aliphatic rings. The van der Waals surface area contributed by atoms with Gasteiger partial charge in [0.25, 0.3) is 5.91 Å². The van der Waals surface area contributed by atoms with Crippen LogP contribution in [0, 0.1) is 11.8 Å². The lowest BCUT2D eigenvalue weighted by molar-refractivity contribution is -0.140. The Morgan fingerprint density at radius 2 is 1.46 bits per heavy atom. The summed E-state index contributed by atoms with van der Waals surface area (Å²) in [6, 6.07) is 28.7. The number of aromatic nitrogens is 1. The van der Waals surface area contributed by atoms with Gasteiger partial charge in [0.1, 0.15) is 0 Å². The molecule has 1 aliphatic heterocycles. The Hall–Kier alpha value is -4.91. The maximum absolute atomic E-state index is 14.2. The lowest BCUT2D eigenvalue weighted by atomic mass is 9.47. The second-order valence-corrected chi connectivity index (χ2v) is 10.2. The van der Waals surface area contributed by atoms with Crippen molar-refractivity contribution in [3.63, 3.8) is 0 Å². The molecule has 2 bridgehead atoms. The van der Waals surface area contributed by atoms with Crippen LogP contribution in [-0.2, 0) is 21.5 Å². The first-order chi connectivity index (χ1) is 19.1. The molecular weight excluding hydrogens is 488 g/mol. The van der Waals surface area contributed by atoms with Crippen LogP contribution in [0.25, 0.3) is 0 Å². The van der Waals surface area contributed by atoms with Gasteiger partial charge in [0.05, 0.1) is 23.8 Å². The maximum Gasteiger partial charge on any atom is 0.271 e. The number of hydrogen-bond donors (Lipinski definition) is 1. The van der Waals surface area contributed by atoms with Crippen molar-refractivity contribution in [1.82, 2.24) is 15.3 Å². The zero-order chi connectivity index (χ0) is 26.6. The molecule has 0 radical (unpaired) electrons. The quantitative estimate of drug-likeness (QED) is 0.248. The van der Waals surface area contributed by atoms with Crippen LogP contribution < -0.4 is 5.43 Å². The van der Waals surface area contributed by atoms with Gasteiger partial charge in [-0.2, -0.15) is 5.10 Å². The van der Waals surface area contributed by atoms with Crippen LogP contribution >= 0.6 is 0 Å². The van der Waals surface area contributed by atoms with Gasteiger partial charge in [0.15, 0.2) is 0 Å². The van der Waals surface area contributed by atoms with Gasteiger partial charge in [-0.15, -0.1) is 0 Å². The molecule has 4 aromatic rings. The largest absolute Gasteiger partial charge is 0.278 e.